The van der Waals surface area contributed by atoms with Crippen molar-refractivity contribution in [3.8, 4) is 5.75 Å². The van der Waals surface area contributed by atoms with E-state index in [9.17, 15) is 8.42 Å². The summed E-state index contributed by atoms with van der Waals surface area (Å²) >= 11 is 0. The highest BCUT2D eigenvalue weighted by molar-refractivity contribution is 7.89. The molecule has 1 aromatic rings. The van der Waals surface area contributed by atoms with Gasteiger partial charge < -0.3 is 9.84 Å². The van der Waals surface area contributed by atoms with Crippen molar-refractivity contribution in [3.05, 3.63) is 24.3 Å². The first-order chi connectivity index (χ1) is 7.95. The largest absolute Gasteiger partial charge is 0.491 e. The second-order valence-corrected chi connectivity index (χ2v) is 5.53. The number of hydrogen-bond donors (Lipinski definition) is 2. The maximum Gasteiger partial charge on any atom is 0.240 e. The lowest BCUT2D eigenvalue weighted by Gasteiger charge is -2.10. The van der Waals surface area contributed by atoms with E-state index in [2.05, 4.69) is 4.72 Å². The summed E-state index contributed by atoms with van der Waals surface area (Å²) in [7, 11) is -3.45. The Balaban J connectivity index is 2.80. The minimum atomic E-state index is -3.45. The van der Waals surface area contributed by atoms with E-state index in [1.165, 1.54) is 12.1 Å². The Morgan fingerprint density at radius 3 is 2.35 bits per heavy atom. The van der Waals surface area contributed by atoms with Gasteiger partial charge in [-0.1, -0.05) is 0 Å². The quantitative estimate of drug-likeness (QED) is 0.790. The predicted octanol–water partition coefficient (Wildman–Crippen LogP) is 0.744. The zero-order valence-corrected chi connectivity index (χ0v) is 10.7. The average Bonchev–Trinajstić information content (AvgIpc) is 2.25. The number of sulfonamides is 1. The molecule has 17 heavy (non-hydrogen) atoms. The summed E-state index contributed by atoms with van der Waals surface area (Å²) < 4.78 is 31.2. The molecule has 1 rings (SSSR count). The Labute approximate surface area is 101 Å². The van der Waals surface area contributed by atoms with Crippen LogP contribution in [0.1, 0.15) is 13.8 Å². The van der Waals surface area contributed by atoms with Gasteiger partial charge in [0, 0.05) is 6.04 Å². The molecule has 0 spiro atoms. The maximum atomic E-state index is 11.8. The fourth-order valence-corrected chi connectivity index (χ4v) is 2.51. The van der Waals surface area contributed by atoms with E-state index in [1.54, 1.807) is 26.0 Å². The van der Waals surface area contributed by atoms with E-state index in [-0.39, 0.29) is 24.2 Å². The summed E-state index contributed by atoms with van der Waals surface area (Å²) in [4.78, 5) is 0.197. The number of benzene rings is 1. The summed E-state index contributed by atoms with van der Waals surface area (Å²) in [5.41, 5.74) is 0. The fraction of sp³-hybridized carbons (Fsp3) is 0.455. The second-order valence-electron chi connectivity index (χ2n) is 3.82. The van der Waals surface area contributed by atoms with Crippen molar-refractivity contribution in [1.29, 1.82) is 0 Å². The SMILES string of the molecule is CC(C)NS(=O)(=O)c1ccc(OCCO)cc1. The molecule has 0 saturated carbocycles. The van der Waals surface area contributed by atoms with Crippen LogP contribution in [0.5, 0.6) is 5.75 Å². The van der Waals surface area contributed by atoms with Gasteiger partial charge in [-0.3, -0.25) is 0 Å². The smallest absolute Gasteiger partial charge is 0.240 e. The van der Waals surface area contributed by atoms with E-state index in [0.717, 1.165) is 0 Å². The van der Waals surface area contributed by atoms with Crippen molar-refractivity contribution in [1.82, 2.24) is 4.72 Å². The number of aliphatic hydroxyl groups excluding tert-OH is 1. The first kappa shape index (κ1) is 14.0. The molecule has 1 aromatic carbocycles. The number of aliphatic hydroxyl groups is 1. The highest BCUT2D eigenvalue weighted by Crippen LogP contribution is 2.15. The van der Waals surface area contributed by atoms with Crippen molar-refractivity contribution < 1.29 is 18.3 Å². The van der Waals surface area contributed by atoms with Crippen LogP contribution >= 0.6 is 0 Å². The first-order valence-corrected chi connectivity index (χ1v) is 6.80. The molecule has 0 saturated heterocycles. The molecule has 0 amide bonds. The molecule has 0 aromatic heterocycles. The van der Waals surface area contributed by atoms with Crippen LogP contribution in [0.2, 0.25) is 0 Å². The molecule has 0 aliphatic heterocycles. The summed E-state index contributed by atoms with van der Waals surface area (Å²) in [5, 5.41) is 8.58. The van der Waals surface area contributed by atoms with Crippen LogP contribution in [0.4, 0.5) is 0 Å². The molecular formula is C11H17NO4S. The van der Waals surface area contributed by atoms with Gasteiger partial charge in [0.25, 0.3) is 0 Å². The molecule has 6 heteroatoms. The zero-order chi connectivity index (χ0) is 12.9. The predicted molar refractivity (Wildman–Crippen MR) is 64.5 cm³/mol. The Morgan fingerprint density at radius 1 is 1.29 bits per heavy atom. The van der Waals surface area contributed by atoms with Crippen molar-refractivity contribution in [2.45, 2.75) is 24.8 Å². The van der Waals surface area contributed by atoms with Crippen molar-refractivity contribution in [2.24, 2.45) is 0 Å². The van der Waals surface area contributed by atoms with Gasteiger partial charge in [0.2, 0.25) is 10.0 Å². The van der Waals surface area contributed by atoms with Crippen LogP contribution in [-0.2, 0) is 10.0 Å². The van der Waals surface area contributed by atoms with Gasteiger partial charge in [0.05, 0.1) is 11.5 Å². The van der Waals surface area contributed by atoms with E-state index >= 15 is 0 Å². The molecule has 0 fully saturated rings. The highest BCUT2D eigenvalue weighted by Gasteiger charge is 2.14. The van der Waals surface area contributed by atoms with Crippen LogP contribution in [0, 0.1) is 0 Å². The molecule has 0 bridgehead atoms. The van der Waals surface area contributed by atoms with Crippen LogP contribution in [-0.4, -0.2) is 32.8 Å². The Bertz CT molecular complexity index is 439. The lowest BCUT2D eigenvalue weighted by atomic mass is 10.3. The van der Waals surface area contributed by atoms with Gasteiger partial charge in [-0.05, 0) is 38.1 Å². The standard InChI is InChI=1S/C11H17NO4S/c1-9(2)12-17(14,15)11-5-3-10(4-6-11)16-8-7-13/h3-6,9,12-13H,7-8H2,1-2H3. The van der Waals surface area contributed by atoms with Gasteiger partial charge in [-0.25, -0.2) is 13.1 Å². The van der Waals surface area contributed by atoms with Crippen molar-refractivity contribution in [2.75, 3.05) is 13.2 Å². The summed E-state index contributed by atoms with van der Waals surface area (Å²) in [6.07, 6.45) is 0. The third kappa shape index (κ3) is 4.33. The van der Waals surface area contributed by atoms with E-state index < -0.39 is 10.0 Å². The highest BCUT2D eigenvalue weighted by atomic mass is 32.2. The van der Waals surface area contributed by atoms with Gasteiger partial charge >= 0.3 is 0 Å². The van der Waals surface area contributed by atoms with E-state index in [4.69, 9.17) is 9.84 Å². The summed E-state index contributed by atoms with van der Waals surface area (Å²) in [6.45, 7) is 3.64. The molecule has 0 radical (unpaired) electrons. The minimum absolute atomic E-state index is 0.0744. The first-order valence-electron chi connectivity index (χ1n) is 5.32. The van der Waals surface area contributed by atoms with Crippen LogP contribution < -0.4 is 9.46 Å². The molecule has 2 N–H and O–H groups in total. The minimum Gasteiger partial charge on any atom is -0.491 e. The Kier molecular flexibility index (Phi) is 4.92. The molecule has 0 heterocycles. The topological polar surface area (TPSA) is 75.6 Å². The fourth-order valence-electron chi connectivity index (χ4n) is 1.26. The van der Waals surface area contributed by atoms with Crippen molar-refractivity contribution >= 4 is 10.0 Å². The molecule has 96 valence electrons. The molecule has 5 nitrogen and oxygen atoms in total. The van der Waals surface area contributed by atoms with Crippen LogP contribution in [0.3, 0.4) is 0 Å². The second kappa shape index (κ2) is 6.00. The molecule has 0 aliphatic carbocycles. The van der Waals surface area contributed by atoms with Crippen LogP contribution in [0.25, 0.3) is 0 Å². The van der Waals surface area contributed by atoms with Gasteiger partial charge in [0.1, 0.15) is 12.4 Å². The van der Waals surface area contributed by atoms with E-state index in [0.29, 0.717) is 5.75 Å². The Hall–Kier alpha value is -1.11. The molecule has 0 atom stereocenters. The average molecular weight is 259 g/mol. The number of ether oxygens (including phenoxy) is 1. The van der Waals surface area contributed by atoms with Crippen LogP contribution in [0.15, 0.2) is 29.2 Å². The van der Waals surface area contributed by atoms with Gasteiger partial charge in [-0.15, -0.1) is 0 Å². The lowest BCUT2D eigenvalue weighted by Crippen LogP contribution is -2.30. The summed E-state index contributed by atoms with van der Waals surface area (Å²) in [6, 6.07) is 5.91. The third-order valence-corrected chi connectivity index (χ3v) is 3.56. The van der Waals surface area contributed by atoms with E-state index in [1.807, 2.05) is 0 Å². The normalized spacial score (nSPS) is 11.8. The number of hydrogen-bond acceptors (Lipinski definition) is 4. The number of nitrogens with one attached hydrogen (secondary N) is 1. The van der Waals surface area contributed by atoms with Crippen molar-refractivity contribution in [3.63, 3.8) is 0 Å². The lowest BCUT2D eigenvalue weighted by molar-refractivity contribution is 0.201. The molecule has 0 aliphatic rings. The van der Waals surface area contributed by atoms with Gasteiger partial charge in [0.15, 0.2) is 0 Å². The number of rotatable bonds is 6. The maximum absolute atomic E-state index is 11.8. The van der Waals surface area contributed by atoms with Gasteiger partial charge in [-0.2, -0.15) is 0 Å². The zero-order valence-electron chi connectivity index (χ0n) is 9.88. The molecular weight excluding hydrogens is 242 g/mol. The Morgan fingerprint density at radius 2 is 1.88 bits per heavy atom. The monoisotopic (exact) mass is 259 g/mol. The summed E-state index contributed by atoms with van der Waals surface area (Å²) in [5.74, 6) is 0.530. The molecule has 0 unspecified atom stereocenters. The third-order valence-electron chi connectivity index (χ3n) is 1.88.